The van der Waals surface area contributed by atoms with E-state index in [4.69, 9.17) is 4.74 Å². The van der Waals surface area contributed by atoms with E-state index in [2.05, 4.69) is 28.4 Å². The van der Waals surface area contributed by atoms with Gasteiger partial charge in [-0.15, -0.1) is 0 Å². The molecule has 1 aliphatic heterocycles. The largest absolute Gasteiger partial charge is 0.495 e. The Kier molecular flexibility index (Phi) is 5.90. The van der Waals surface area contributed by atoms with Crippen molar-refractivity contribution in [3.63, 3.8) is 0 Å². The Balaban J connectivity index is 1.46. The third-order valence-electron chi connectivity index (χ3n) is 4.51. The van der Waals surface area contributed by atoms with Crippen molar-refractivity contribution in [2.45, 2.75) is 6.54 Å². The minimum absolute atomic E-state index is 0.163. The van der Waals surface area contributed by atoms with E-state index in [-0.39, 0.29) is 5.91 Å². The average Bonchev–Trinajstić information content (AvgIpc) is 2.69. The topological polar surface area (TPSA) is 44.8 Å². The lowest BCUT2D eigenvalue weighted by Crippen LogP contribution is -2.50. The highest BCUT2D eigenvalue weighted by molar-refractivity contribution is 5.78. The van der Waals surface area contributed by atoms with Gasteiger partial charge in [0.25, 0.3) is 0 Å². The summed E-state index contributed by atoms with van der Waals surface area (Å²) < 4.78 is 5.44. The van der Waals surface area contributed by atoms with Gasteiger partial charge in [0, 0.05) is 32.7 Å². The summed E-state index contributed by atoms with van der Waals surface area (Å²) >= 11 is 0. The molecular weight excluding hydrogens is 314 g/mol. The molecule has 0 aromatic heterocycles. The van der Waals surface area contributed by atoms with Gasteiger partial charge in [-0.3, -0.25) is 4.79 Å². The second kappa shape index (κ2) is 8.53. The number of nitrogens with one attached hydrogen (secondary N) is 1. The number of rotatable bonds is 6. The summed E-state index contributed by atoms with van der Waals surface area (Å²) in [6.07, 6.45) is 0. The first kappa shape index (κ1) is 17.3. The van der Waals surface area contributed by atoms with Gasteiger partial charge in [-0.2, -0.15) is 0 Å². The fraction of sp³-hybridized carbons (Fsp3) is 0.350. The van der Waals surface area contributed by atoms with E-state index in [1.54, 1.807) is 7.11 Å². The van der Waals surface area contributed by atoms with Crippen molar-refractivity contribution in [3.05, 3.63) is 60.2 Å². The summed E-state index contributed by atoms with van der Waals surface area (Å²) in [6, 6.07) is 18.2. The summed E-state index contributed by atoms with van der Waals surface area (Å²) in [6.45, 7) is 4.22. The Hall–Kier alpha value is -2.53. The van der Waals surface area contributed by atoms with E-state index in [1.807, 2.05) is 41.3 Å². The number of nitrogens with zero attached hydrogens (tertiary/aromatic N) is 2. The van der Waals surface area contributed by atoms with Gasteiger partial charge in [0.15, 0.2) is 0 Å². The number of hydrogen-bond donors (Lipinski definition) is 1. The zero-order valence-electron chi connectivity index (χ0n) is 14.6. The first-order chi connectivity index (χ1) is 12.3. The number of anilines is 1. The van der Waals surface area contributed by atoms with Gasteiger partial charge in [-0.25, -0.2) is 0 Å². The van der Waals surface area contributed by atoms with Crippen LogP contribution in [0, 0.1) is 0 Å². The number of carbonyl (C=O) groups excluding carboxylic acids is 1. The highest BCUT2D eigenvalue weighted by Gasteiger charge is 2.22. The van der Waals surface area contributed by atoms with E-state index in [0.29, 0.717) is 13.1 Å². The molecular formula is C20H25N3O2. The third kappa shape index (κ3) is 4.51. The normalized spacial score (nSPS) is 14.4. The van der Waals surface area contributed by atoms with Crippen molar-refractivity contribution in [1.82, 2.24) is 10.2 Å². The molecule has 1 heterocycles. The summed E-state index contributed by atoms with van der Waals surface area (Å²) in [5.41, 5.74) is 2.29. The SMILES string of the molecule is COc1ccccc1N1CCN(C(=O)CNCc2ccccc2)CC1. The van der Waals surface area contributed by atoms with Gasteiger partial charge in [0.05, 0.1) is 19.3 Å². The molecule has 1 aliphatic rings. The van der Waals surface area contributed by atoms with E-state index in [1.165, 1.54) is 5.56 Å². The van der Waals surface area contributed by atoms with Crippen molar-refractivity contribution < 1.29 is 9.53 Å². The lowest BCUT2D eigenvalue weighted by Gasteiger charge is -2.36. The molecule has 0 radical (unpaired) electrons. The van der Waals surface area contributed by atoms with Crippen LogP contribution in [0.4, 0.5) is 5.69 Å². The second-order valence-corrected chi connectivity index (χ2v) is 6.13. The number of ether oxygens (including phenoxy) is 1. The maximum Gasteiger partial charge on any atom is 0.236 e. The molecule has 1 N–H and O–H groups in total. The second-order valence-electron chi connectivity index (χ2n) is 6.13. The Bertz CT molecular complexity index is 682. The molecule has 2 aromatic carbocycles. The molecule has 1 saturated heterocycles. The molecule has 5 nitrogen and oxygen atoms in total. The number of carbonyl (C=O) groups is 1. The number of amides is 1. The quantitative estimate of drug-likeness (QED) is 0.876. The number of piperazine rings is 1. The molecule has 0 atom stereocenters. The minimum Gasteiger partial charge on any atom is -0.495 e. The maximum absolute atomic E-state index is 12.4. The lowest BCUT2D eigenvalue weighted by molar-refractivity contribution is -0.130. The maximum atomic E-state index is 12.4. The molecule has 1 amide bonds. The van der Waals surface area contributed by atoms with Crippen LogP contribution >= 0.6 is 0 Å². The smallest absolute Gasteiger partial charge is 0.236 e. The Morgan fingerprint density at radius 2 is 1.68 bits per heavy atom. The van der Waals surface area contributed by atoms with Crippen LogP contribution in [-0.2, 0) is 11.3 Å². The molecule has 0 bridgehead atoms. The van der Waals surface area contributed by atoms with Crippen molar-refractivity contribution in [1.29, 1.82) is 0 Å². The van der Waals surface area contributed by atoms with Crippen LogP contribution in [0.25, 0.3) is 0 Å². The Morgan fingerprint density at radius 3 is 2.40 bits per heavy atom. The van der Waals surface area contributed by atoms with E-state index >= 15 is 0 Å². The van der Waals surface area contributed by atoms with Crippen LogP contribution in [0.5, 0.6) is 5.75 Å². The summed E-state index contributed by atoms with van der Waals surface area (Å²) in [7, 11) is 1.69. The molecule has 25 heavy (non-hydrogen) atoms. The summed E-state index contributed by atoms with van der Waals surface area (Å²) in [5, 5.41) is 3.24. The zero-order valence-corrected chi connectivity index (χ0v) is 14.6. The van der Waals surface area contributed by atoms with Gasteiger partial charge in [0.2, 0.25) is 5.91 Å². The van der Waals surface area contributed by atoms with Crippen LogP contribution in [0.1, 0.15) is 5.56 Å². The lowest BCUT2D eigenvalue weighted by atomic mass is 10.2. The van der Waals surface area contributed by atoms with Gasteiger partial charge in [0.1, 0.15) is 5.75 Å². The highest BCUT2D eigenvalue weighted by Crippen LogP contribution is 2.28. The predicted molar refractivity (Wildman–Crippen MR) is 99.9 cm³/mol. The van der Waals surface area contributed by atoms with E-state index in [0.717, 1.165) is 37.6 Å². The Labute approximate surface area is 149 Å². The van der Waals surface area contributed by atoms with Gasteiger partial charge >= 0.3 is 0 Å². The monoisotopic (exact) mass is 339 g/mol. The van der Waals surface area contributed by atoms with Gasteiger partial charge < -0.3 is 19.9 Å². The molecule has 0 saturated carbocycles. The fourth-order valence-corrected chi connectivity index (χ4v) is 3.11. The zero-order chi connectivity index (χ0) is 17.5. The van der Waals surface area contributed by atoms with Crippen molar-refractivity contribution in [2.75, 3.05) is 44.7 Å². The Morgan fingerprint density at radius 1 is 1.00 bits per heavy atom. The molecule has 2 aromatic rings. The number of hydrogen-bond acceptors (Lipinski definition) is 4. The third-order valence-corrected chi connectivity index (χ3v) is 4.51. The van der Waals surface area contributed by atoms with Crippen molar-refractivity contribution >= 4 is 11.6 Å². The van der Waals surface area contributed by atoms with Crippen LogP contribution in [0.3, 0.4) is 0 Å². The fourth-order valence-electron chi connectivity index (χ4n) is 3.11. The predicted octanol–water partition coefficient (Wildman–Crippen LogP) is 2.13. The van der Waals surface area contributed by atoms with E-state index < -0.39 is 0 Å². The van der Waals surface area contributed by atoms with Crippen molar-refractivity contribution in [3.8, 4) is 5.75 Å². The van der Waals surface area contributed by atoms with Crippen LogP contribution in [0.15, 0.2) is 54.6 Å². The standard InChI is InChI=1S/C20H25N3O2/c1-25-19-10-6-5-9-18(19)22-11-13-23(14-12-22)20(24)16-21-15-17-7-3-2-4-8-17/h2-10,21H,11-16H2,1H3. The molecule has 1 fully saturated rings. The molecule has 0 spiro atoms. The molecule has 0 aliphatic carbocycles. The van der Waals surface area contributed by atoms with Crippen LogP contribution in [0.2, 0.25) is 0 Å². The van der Waals surface area contributed by atoms with Gasteiger partial charge in [-0.1, -0.05) is 42.5 Å². The molecule has 0 unspecified atom stereocenters. The molecule has 3 rings (SSSR count). The minimum atomic E-state index is 0.163. The number of methoxy groups -OCH3 is 1. The van der Waals surface area contributed by atoms with Crippen molar-refractivity contribution in [2.24, 2.45) is 0 Å². The number of benzene rings is 2. The first-order valence-electron chi connectivity index (χ1n) is 8.68. The van der Waals surface area contributed by atoms with Crippen LogP contribution < -0.4 is 15.0 Å². The summed E-state index contributed by atoms with van der Waals surface area (Å²) in [5.74, 6) is 1.04. The van der Waals surface area contributed by atoms with Crippen LogP contribution in [-0.4, -0.2) is 50.6 Å². The highest BCUT2D eigenvalue weighted by atomic mass is 16.5. The summed E-state index contributed by atoms with van der Waals surface area (Å²) in [4.78, 5) is 16.6. The van der Waals surface area contributed by atoms with Gasteiger partial charge in [-0.05, 0) is 17.7 Å². The molecule has 132 valence electrons. The molecule has 5 heteroatoms. The average molecular weight is 339 g/mol. The van der Waals surface area contributed by atoms with E-state index in [9.17, 15) is 4.79 Å². The first-order valence-corrected chi connectivity index (χ1v) is 8.68. The number of para-hydroxylation sites is 2.